The fourth-order valence-electron chi connectivity index (χ4n) is 6.83. The van der Waals surface area contributed by atoms with Gasteiger partial charge >= 0.3 is 0 Å². The number of Topliss-reactive ketones (excluding diaryl/α,β-unsaturated/α-hetero) is 1. The molecule has 4 aromatic rings. The van der Waals surface area contributed by atoms with E-state index in [0.717, 1.165) is 80.1 Å². The third-order valence-corrected chi connectivity index (χ3v) is 9.21. The number of anilines is 1. The van der Waals surface area contributed by atoms with Gasteiger partial charge in [0, 0.05) is 68.2 Å². The number of nitrogens with zero attached hydrogens (tertiary/aromatic N) is 7. The van der Waals surface area contributed by atoms with Gasteiger partial charge in [-0.2, -0.15) is 10.4 Å². The van der Waals surface area contributed by atoms with E-state index in [1.165, 1.54) is 0 Å². The van der Waals surface area contributed by atoms with Gasteiger partial charge in [0.15, 0.2) is 0 Å². The first-order valence-electron chi connectivity index (χ1n) is 16.0. The lowest BCUT2D eigenvalue weighted by Crippen LogP contribution is -2.45. The number of nitriles is 1. The smallest absolute Gasteiger partial charge is 0.138 e. The molecule has 0 aliphatic carbocycles. The van der Waals surface area contributed by atoms with E-state index in [-0.39, 0.29) is 17.3 Å². The minimum atomic E-state index is -0.151. The van der Waals surface area contributed by atoms with Crippen LogP contribution in [0.2, 0.25) is 0 Å². The molecule has 6 rings (SSSR count). The molecule has 2 aliphatic heterocycles. The van der Waals surface area contributed by atoms with Crippen LogP contribution in [0, 0.1) is 16.7 Å². The maximum atomic E-state index is 13.5. The number of morpholine rings is 1. The molecule has 0 aromatic carbocycles. The summed E-state index contributed by atoms with van der Waals surface area (Å²) in [7, 11) is 0. The zero-order valence-electron chi connectivity index (χ0n) is 26.2. The molecule has 0 N–H and O–H groups in total. The highest BCUT2D eigenvalue weighted by molar-refractivity contribution is 5.85. The molecule has 234 valence electrons. The van der Waals surface area contributed by atoms with Crippen molar-refractivity contribution in [2.45, 2.75) is 52.1 Å². The molecule has 10 nitrogen and oxygen atoms in total. The molecule has 10 heteroatoms. The van der Waals surface area contributed by atoms with Crippen LogP contribution in [0.5, 0.6) is 5.75 Å². The Morgan fingerprint density at radius 3 is 2.71 bits per heavy atom. The molecule has 6 heterocycles. The minimum absolute atomic E-state index is 0.0248. The average Bonchev–Trinajstić information content (AvgIpc) is 3.48. The van der Waals surface area contributed by atoms with Crippen molar-refractivity contribution in [3.8, 4) is 22.9 Å². The highest BCUT2D eigenvalue weighted by Gasteiger charge is 2.38. The fraction of sp³-hybridized carbons (Fsp3) is 0.457. The van der Waals surface area contributed by atoms with Gasteiger partial charge in [-0.15, -0.1) is 0 Å². The number of carbonyl (C=O) groups is 1. The van der Waals surface area contributed by atoms with Gasteiger partial charge in [0.1, 0.15) is 23.4 Å². The second kappa shape index (κ2) is 13.8. The van der Waals surface area contributed by atoms with Crippen LogP contribution in [0.1, 0.15) is 50.8 Å². The number of carbonyl (C=O) groups excluding carboxylic acids is 1. The van der Waals surface area contributed by atoms with Crippen molar-refractivity contribution in [2.24, 2.45) is 5.41 Å². The van der Waals surface area contributed by atoms with Gasteiger partial charge in [-0.05, 0) is 68.5 Å². The van der Waals surface area contributed by atoms with E-state index in [1.807, 2.05) is 49.6 Å². The number of fused-ring (bicyclic) bond motifs is 1. The van der Waals surface area contributed by atoms with Crippen LogP contribution in [-0.2, 0) is 16.0 Å². The van der Waals surface area contributed by atoms with Crippen LogP contribution < -0.4 is 9.64 Å². The molecule has 2 saturated heterocycles. The van der Waals surface area contributed by atoms with Crippen molar-refractivity contribution in [1.82, 2.24) is 24.5 Å². The predicted octanol–water partition coefficient (Wildman–Crippen LogP) is 4.96. The Kier molecular flexibility index (Phi) is 9.38. The van der Waals surface area contributed by atoms with Crippen LogP contribution in [0.3, 0.4) is 0 Å². The summed E-state index contributed by atoms with van der Waals surface area (Å²) in [4.78, 5) is 27.6. The summed E-state index contributed by atoms with van der Waals surface area (Å²) in [6.07, 6.45) is 10.6. The van der Waals surface area contributed by atoms with E-state index in [9.17, 15) is 10.1 Å². The number of aromatic nitrogens is 4. The van der Waals surface area contributed by atoms with E-state index < -0.39 is 0 Å². The number of likely N-dealkylation sites (N-methyl/N-ethyl adjacent to an activating group) is 1. The van der Waals surface area contributed by atoms with Gasteiger partial charge in [-0.3, -0.25) is 14.7 Å². The van der Waals surface area contributed by atoms with Crippen molar-refractivity contribution in [3.05, 3.63) is 72.4 Å². The van der Waals surface area contributed by atoms with E-state index >= 15 is 0 Å². The van der Waals surface area contributed by atoms with Gasteiger partial charge in [0.05, 0.1) is 42.8 Å². The summed E-state index contributed by atoms with van der Waals surface area (Å²) < 4.78 is 13.4. The molecule has 45 heavy (non-hydrogen) atoms. The molecule has 0 bridgehead atoms. The number of hydrogen-bond acceptors (Lipinski definition) is 9. The van der Waals surface area contributed by atoms with Crippen molar-refractivity contribution in [1.29, 1.82) is 5.26 Å². The maximum Gasteiger partial charge on any atom is 0.138 e. The summed E-state index contributed by atoms with van der Waals surface area (Å²) in [5.41, 5.74) is 3.86. The third kappa shape index (κ3) is 7.00. The Morgan fingerprint density at radius 1 is 1.13 bits per heavy atom. The summed E-state index contributed by atoms with van der Waals surface area (Å²) in [6.45, 7) is 9.67. The second-order valence-electron chi connectivity index (χ2n) is 12.2. The number of hydrogen-bond donors (Lipinski definition) is 0. The topological polar surface area (TPSA) is 109 Å². The third-order valence-electron chi connectivity index (χ3n) is 9.21. The first kappa shape index (κ1) is 30.7. The summed E-state index contributed by atoms with van der Waals surface area (Å²) in [6, 6.07) is 14.3. The monoisotopic (exact) mass is 607 g/mol. The second-order valence-corrected chi connectivity index (χ2v) is 12.2. The van der Waals surface area contributed by atoms with Crippen LogP contribution in [0.25, 0.3) is 16.6 Å². The number of pyridine rings is 3. The van der Waals surface area contributed by atoms with Gasteiger partial charge in [0.2, 0.25) is 0 Å². The molecule has 0 amide bonds. The lowest BCUT2D eigenvalue weighted by atomic mass is 9.70. The number of piperidine rings is 1. The summed E-state index contributed by atoms with van der Waals surface area (Å²) in [5.74, 6) is 1.86. The van der Waals surface area contributed by atoms with Gasteiger partial charge in [-0.1, -0.05) is 13.0 Å². The first-order valence-corrected chi connectivity index (χ1v) is 16.0. The molecule has 0 saturated carbocycles. The summed E-state index contributed by atoms with van der Waals surface area (Å²) >= 11 is 0. The molecule has 4 aromatic heterocycles. The Morgan fingerprint density at radius 2 is 2.00 bits per heavy atom. The van der Waals surface area contributed by atoms with Crippen molar-refractivity contribution >= 4 is 17.1 Å². The Bertz CT molecular complexity index is 1640. The highest BCUT2D eigenvalue weighted by atomic mass is 16.5. The van der Waals surface area contributed by atoms with Crippen molar-refractivity contribution < 1.29 is 14.3 Å². The van der Waals surface area contributed by atoms with Crippen molar-refractivity contribution in [3.63, 3.8) is 0 Å². The van der Waals surface area contributed by atoms with Gasteiger partial charge < -0.3 is 14.4 Å². The highest BCUT2D eigenvalue weighted by Crippen LogP contribution is 2.40. The van der Waals surface area contributed by atoms with Crippen LogP contribution in [-0.4, -0.2) is 82.3 Å². The van der Waals surface area contributed by atoms with Crippen LogP contribution in [0.4, 0.5) is 5.82 Å². The lowest BCUT2D eigenvalue weighted by molar-refractivity contribution is -0.126. The molecular weight excluding hydrogens is 566 g/mol. The largest absolute Gasteiger partial charge is 0.492 e. The fourth-order valence-corrected chi connectivity index (χ4v) is 6.83. The summed E-state index contributed by atoms with van der Waals surface area (Å²) in [5, 5.41) is 14.0. The molecule has 1 unspecified atom stereocenters. The molecule has 2 fully saturated rings. The lowest BCUT2D eigenvalue weighted by Gasteiger charge is -2.42. The average molecular weight is 608 g/mol. The molecule has 0 spiro atoms. The Balaban J connectivity index is 1.18. The zero-order valence-corrected chi connectivity index (χ0v) is 26.2. The normalized spacial score (nSPS) is 18.5. The number of ketones is 1. The van der Waals surface area contributed by atoms with Crippen molar-refractivity contribution in [2.75, 3.05) is 50.8 Å². The molecule has 0 radical (unpaired) electrons. The molecule has 1 atom stereocenters. The van der Waals surface area contributed by atoms with Crippen LogP contribution >= 0.6 is 0 Å². The zero-order chi connectivity index (χ0) is 31.2. The molecular formula is C35H41N7O3. The van der Waals surface area contributed by atoms with E-state index in [4.69, 9.17) is 14.5 Å². The quantitative estimate of drug-likeness (QED) is 0.234. The van der Waals surface area contributed by atoms with E-state index in [0.29, 0.717) is 37.4 Å². The maximum absolute atomic E-state index is 13.5. The Hall–Kier alpha value is -4.33. The standard InChI is InChI=1S/C35H41N7O3/c1-3-40-15-16-45-30(24-40)17-29(43)20-35(19-28-7-5-6-12-37-28)10-13-41(14-11-35)33-9-8-26(22-38-33)32-18-31(44-4-2)25-42-34(32)27(21-36)23-39-42/h5-9,12,18,22-23,25,30H,3-4,10-11,13-17,19-20,24H2,1-2H3. The number of ether oxygens (including phenoxy) is 2. The SMILES string of the molecule is CCOc1cc(-c2ccc(N3CCC(CC(=O)CC4CN(CC)CCO4)(Cc4ccccn4)CC3)nc2)c2c(C#N)cnn2c1. The Labute approximate surface area is 264 Å². The van der Waals surface area contributed by atoms with Gasteiger partial charge in [0.25, 0.3) is 0 Å². The predicted molar refractivity (Wildman–Crippen MR) is 172 cm³/mol. The minimum Gasteiger partial charge on any atom is -0.492 e. The number of rotatable bonds is 11. The van der Waals surface area contributed by atoms with E-state index in [2.05, 4.69) is 38.9 Å². The van der Waals surface area contributed by atoms with Crippen LogP contribution in [0.15, 0.2) is 61.2 Å². The van der Waals surface area contributed by atoms with E-state index in [1.54, 1.807) is 16.9 Å². The first-order chi connectivity index (χ1) is 22.0. The molecule has 2 aliphatic rings. The van der Waals surface area contributed by atoms with Gasteiger partial charge in [-0.25, -0.2) is 9.50 Å².